The lowest BCUT2D eigenvalue weighted by molar-refractivity contribution is -0.411. The Morgan fingerprint density at radius 1 is 0.682 bits per heavy atom. The van der Waals surface area contributed by atoms with Gasteiger partial charge in [-0.05, 0) is 0 Å². The Labute approximate surface area is 117 Å². The SMILES string of the molecule is OC1(F)CC(O)(F)C(F)(F)C(O)(CF)C(F)(F)C(F)(CF)C1. The molecule has 1 aliphatic rings. The molecular weight excluding hydrogens is 339 g/mol. The van der Waals surface area contributed by atoms with Crippen molar-refractivity contribution < 1.29 is 54.8 Å². The van der Waals surface area contributed by atoms with Crippen molar-refractivity contribution in [1.82, 2.24) is 0 Å². The fraction of sp³-hybridized carbons (Fsp3) is 1.00. The second-order valence-corrected chi connectivity index (χ2v) is 5.27. The third-order valence-corrected chi connectivity index (χ3v) is 3.54. The minimum atomic E-state index is -6.19. The number of halogens is 9. The molecule has 1 rings (SSSR count). The Kier molecular flexibility index (Phi) is 4.27. The zero-order valence-electron chi connectivity index (χ0n) is 10.6. The van der Waals surface area contributed by atoms with E-state index in [9.17, 15) is 39.5 Å². The molecule has 3 N–H and O–H groups in total. The number of hydrogen-bond acceptors (Lipinski definition) is 3. The van der Waals surface area contributed by atoms with Crippen LogP contribution in [-0.2, 0) is 0 Å². The van der Waals surface area contributed by atoms with Crippen LogP contribution in [-0.4, -0.2) is 63.5 Å². The summed E-state index contributed by atoms with van der Waals surface area (Å²) < 4.78 is 121. The quantitative estimate of drug-likeness (QED) is 0.665. The first-order chi connectivity index (χ1) is 9.54. The van der Waals surface area contributed by atoms with E-state index in [1.165, 1.54) is 0 Å². The molecule has 22 heavy (non-hydrogen) atoms. The molecule has 3 nitrogen and oxygen atoms in total. The van der Waals surface area contributed by atoms with Crippen LogP contribution >= 0.6 is 0 Å². The first-order valence-corrected chi connectivity index (χ1v) is 5.65. The molecule has 1 saturated carbocycles. The molecule has 0 saturated heterocycles. The van der Waals surface area contributed by atoms with Gasteiger partial charge in [0, 0.05) is 6.42 Å². The largest absolute Gasteiger partial charge is 0.376 e. The lowest BCUT2D eigenvalue weighted by atomic mass is 9.71. The first-order valence-electron chi connectivity index (χ1n) is 5.65. The van der Waals surface area contributed by atoms with Gasteiger partial charge in [0.15, 0.2) is 0 Å². The summed E-state index contributed by atoms with van der Waals surface area (Å²) in [7, 11) is 0. The standard InChI is InChI=1S/C10H11F9O3/c11-3-5(13)1-6(14,20)2-8(15,22)10(18,19)7(21,4-12)9(5,16)17/h20-22H,1-4H2. The summed E-state index contributed by atoms with van der Waals surface area (Å²) in [5.74, 6) is -22.2. The summed E-state index contributed by atoms with van der Waals surface area (Å²) >= 11 is 0. The summed E-state index contributed by atoms with van der Waals surface area (Å²) in [6.07, 6.45) is -5.36. The second kappa shape index (κ2) is 4.87. The zero-order valence-corrected chi connectivity index (χ0v) is 10.6. The molecule has 132 valence electrons. The van der Waals surface area contributed by atoms with Gasteiger partial charge in [-0.2, -0.15) is 17.6 Å². The Morgan fingerprint density at radius 2 is 1.14 bits per heavy atom. The van der Waals surface area contributed by atoms with Gasteiger partial charge in [0.25, 0.3) is 5.85 Å². The van der Waals surface area contributed by atoms with E-state index in [0.29, 0.717) is 0 Å². The lowest BCUT2D eigenvalue weighted by Gasteiger charge is -2.50. The van der Waals surface area contributed by atoms with Gasteiger partial charge in [-0.1, -0.05) is 0 Å². The van der Waals surface area contributed by atoms with E-state index >= 15 is 0 Å². The van der Waals surface area contributed by atoms with E-state index in [0.717, 1.165) is 0 Å². The van der Waals surface area contributed by atoms with E-state index in [4.69, 9.17) is 15.3 Å². The highest BCUT2D eigenvalue weighted by Crippen LogP contribution is 2.58. The summed E-state index contributed by atoms with van der Waals surface area (Å²) in [6.45, 7) is -6.11. The maximum Gasteiger partial charge on any atom is 0.342 e. The van der Waals surface area contributed by atoms with Gasteiger partial charge in [-0.25, -0.2) is 22.0 Å². The Hall–Kier alpha value is -0.750. The van der Waals surface area contributed by atoms with Gasteiger partial charge in [0.2, 0.25) is 17.1 Å². The fourth-order valence-corrected chi connectivity index (χ4v) is 2.26. The molecule has 12 heteroatoms. The number of rotatable bonds is 2. The second-order valence-electron chi connectivity index (χ2n) is 5.27. The van der Waals surface area contributed by atoms with Crippen molar-refractivity contribution in [3.8, 4) is 0 Å². The summed E-state index contributed by atoms with van der Waals surface area (Å²) in [4.78, 5) is 0. The van der Waals surface area contributed by atoms with Gasteiger partial charge in [-0.15, -0.1) is 0 Å². The lowest BCUT2D eigenvalue weighted by Crippen LogP contribution is -2.77. The minimum Gasteiger partial charge on any atom is -0.376 e. The van der Waals surface area contributed by atoms with E-state index in [-0.39, 0.29) is 0 Å². The van der Waals surface area contributed by atoms with E-state index in [2.05, 4.69) is 0 Å². The number of alkyl halides is 9. The molecule has 0 bridgehead atoms. The summed E-state index contributed by atoms with van der Waals surface area (Å²) in [5.41, 5.74) is -10.5. The van der Waals surface area contributed by atoms with Gasteiger partial charge in [0.1, 0.15) is 13.3 Å². The average Bonchev–Trinajstić information content (AvgIpc) is 2.33. The van der Waals surface area contributed by atoms with Gasteiger partial charge in [-0.3, -0.25) is 0 Å². The Bertz CT molecular complexity index is 441. The predicted octanol–water partition coefficient (Wildman–Crippen LogP) is 1.75. The van der Waals surface area contributed by atoms with Crippen molar-refractivity contribution >= 4 is 0 Å². The van der Waals surface area contributed by atoms with Crippen molar-refractivity contribution in [1.29, 1.82) is 0 Å². The third-order valence-electron chi connectivity index (χ3n) is 3.54. The Balaban J connectivity index is 3.70. The molecule has 0 heterocycles. The number of aliphatic hydroxyl groups is 3. The van der Waals surface area contributed by atoms with Crippen LogP contribution in [0.1, 0.15) is 12.8 Å². The number of hydrogen-bond donors (Lipinski definition) is 3. The maximum absolute atomic E-state index is 13.9. The van der Waals surface area contributed by atoms with Gasteiger partial charge < -0.3 is 15.3 Å². The van der Waals surface area contributed by atoms with E-state index < -0.39 is 61.0 Å². The molecule has 1 aliphatic carbocycles. The molecule has 0 spiro atoms. The van der Waals surface area contributed by atoms with Crippen LogP contribution in [0, 0.1) is 0 Å². The van der Waals surface area contributed by atoms with Crippen LogP contribution in [0.2, 0.25) is 0 Å². The van der Waals surface area contributed by atoms with Crippen molar-refractivity contribution in [3.63, 3.8) is 0 Å². The molecule has 0 radical (unpaired) electrons. The molecule has 0 amide bonds. The van der Waals surface area contributed by atoms with Crippen molar-refractivity contribution in [3.05, 3.63) is 0 Å². The fourth-order valence-electron chi connectivity index (χ4n) is 2.26. The van der Waals surface area contributed by atoms with Crippen LogP contribution < -0.4 is 0 Å². The maximum atomic E-state index is 13.9. The highest BCUT2D eigenvalue weighted by atomic mass is 19.3. The molecule has 1 fully saturated rings. The van der Waals surface area contributed by atoms with Crippen LogP contribution in [0.5, 0.6) is 0 Å². The Morgan fingerprint density at radius 3 is 1.50 bits per heavy atom. The molecular formula is C10H11F9O3. The highest BCUT2D eigenvalue weighted by Gasteiger charge is 2.84. The first kappa shape index (κ1) is 19.3. The molecule has 0 aliphatic heterocycles. The monoisotopic (exact) mass is 350 g/mol. The van der Waals surface area contributed by atoms with Crippen LogP contribution in [0.15, 0.2) is 0 Å². The van der Waals surface area contributed by atoms with Crippen molar-refractivity contribution in [2.24, 2.45) is 0 Å². The average molecular weight is 350 g/mol. The predicted molar refractivity (Wildman–Crippen MR) is 52.0 cm³/mol. The van der Waals surface area contributed by atoms with E-state index in [1.54, 1.807) is 0 Å². The normalized spacial score (nSPS) is 48.5. The zero-order chi connectivity index (χ0) is 17.8. The van der Waals surface area contributed by atoms with Crippen molar-refractivity contribution in [2.45, 2.75) is 47.7 Å². The van der Waals surface area contributed by atoms with Crippen LogP contribution in [0.3, 0.4) is 0 Å². The molecule has 4 atom stereocenters. The molecule has 0 aromatic carbocycles. The van der Waals surface area contributed by atoms with Crippen LogP contribution in [0.25, 0.3) is 0 Å². The smallest absolute Gasteiger partial charge is 0.342 e. The third kappa shape index (κ3) is 2.26. The summed E-state index contributed by atoms with van der Waals surface area (Å²) in [5, 5.41) is 26.8. The highest BCUT2D eigenvalue weighted by molar-refractivity contribution is 5.18. The van der Waals surface area contributed by atoms with Crippen LogP contribution in [0.4, 0.5) is 39.5 Å². The van der Waals surface area contributed by atoms with E-state index in [1.807, 2.05) is 0 Å². The van der Waals surface area contributed by atoms with Crippen molar-refractivity contribution in [2.75, 3.05) is 13.3 Å². The minimum absolute atomic E-state index is 2.63. The summed E-state index contributed by atoms with van der Waals surface area (Å²) in [6, 6.07) is 0. The van der Waals surface area contributed by atoms with Gasteiger partial charge >= 0.3 is 11.8 Å². The molecule has 0 aromatic heterocycles. The van der Waals surface area contributed by atoms with Gasteiger partial charge in [0.05, 0.1) is 6.42 Å². The molecule has 4 unspecified atom stereocenters. The molecule has 0 aromatic rings. The topological polar surface area (TPSA) is 60.7 Å².